The number of hydrogen-bond donors (Lipinski definition) is 1. The Kier molecular flexibility index (Phi) is 3.19. The summed E-state index contributed by atoms with van der Waals surface area (Å²) in [6.07, 6.45) is 1.50. The van der Waals surface area contributed by atoms with E-state index in [-0.39, 0.29) is 17.8 Å². The van der Waals surface area contributed by atoms with Crippen LogP contribution in [0.4, 0.5) is 4.39 Å². The lowest BCUT2D eigenvalue weighted by Crippen LogP contribution is -2.33. The molecule has 0 radical (unpaired) electrons. The van der Waals surface area contributed by atoms with Crippen molar-refractivity contribution in [2.75, 3.05) is 13.1 Å². The molecule has 0 bridgehead atoms. The standard InChI is InChI=1S/C12H15FN2O/c13-10-4-1-3-9(7-10)11(14)8-15-6-2-5-12(15)16/h1,3-4,7,11H,2,5-6,8,14H2. The fourth-order valence-corrected chi connectivity index (χ4v) is 1.98. The van der Waals surface area contributed by atoms with Crippen molar-refractivity contribution >= 4 is 5.91 Å². The maximum absolute atomic E-state index is 13.0. The minimum Gasteiger partial charge on any atom is -0.341 e. The van der Waals surface area contributed by atoms with Crippen molar-refractivity contribution in [3.05, 3.63) is 35.6 Å². The summed E-state index contributed by atoms with van der Waals surface area (Å²) in [5, 5.41) is 0. The van der Waals surface area contributed by atoms with Crippen molar-refractivity contribution < 1.29 is 9.18 Å². The van der Waals surface area contributed by atoms with E-state index < -0.39 is 0 Å². The average molecular weight is 222 g/mol. The number of amides is 1. The zero-order chi connectivity index (χ0) is 11.5. The Balaban J connectivity index is 2.02. The highest BCUT2D eigenvalue weighted by atomic mass is 19.1. The molecular weight excluding hydrogens is 207 g/mol. The fraction of sp³-hybridized carbons (Fsp3) is 0.417. The molecule has 2 rings (SSSR count). The number of halogens is 1. The molecule has 1 atom stereocenters. The van der Waals surface area contributed by atoms with E-state index in [1.165, 1.54) is 12.1 Å². The highest BCUT2D eigenvalue weighted by Gasteiger charge is 2.22. The van der Waals surface area contributed by atoms with Gasteiger partial charge in [0.15, 0.2) is 0 Å². The molecule has 1 aliphatic rings. The smallest absolute Gasteiger partial charge is 0.222 e. The van der Waals surface area contributed by atoms with E-state index in [9.17, 15) is 9.18 Å². The Hall–Kier alpha value is -1.42. The largest absolute Gasteiger partial charge is 0.341 e. The highest BCUT2D eigenvalue weighted by Crippen LogP contribution is 2.17. The van der Waals surface area contributed by atoms with Gasteiger partial charge in [0.05, 0.1) is 0 Å². The molecule has 0 spiro atoms. The molecule has 1 aromatic rings. The first-order valence-corrected chi connectivity index (χ1v) is 5.45. The van der Waals surface area contributed by atoms with Crippen LogP contribution in [0.2, 0.25) is 0 Å². The van der Waals surface area contributed by atoms with Crippen LogP contribution in [-0.4, -0.2) is 23.9 Å². The Morgan fingerprint density at radius 3 is 2.94 bits per heavy atom. The molecule has 1 aromatic carbocycles. The summed E-state index contributed by atoms with van der Waals surface area (Å²) in [5.41, 5.74) is 6.68. The zero-order valence-corrected chi connectivity index (χ0v) is 9.03. The number of carbonyl (C=O) groups is 1. The van der Waals surface area contributed by atoms with Gasteiger partial charge in [-0.1, -0.05) is 12.1 Å². The van der Waals surface area contributed by atoms with E-state index in [2.05, 4.69) is 0 Å². The minimum absolute atomic E-state index is 0.145. The predicted molar refractivity (Wildman–Crippen MR) is 59.1 cm³/mol. The van der Waals surface area contributed by atoms with Crippen molar-refractivity contribution in [2.24, 2.45) is 5.73 Å². The third kappa shape index (κ3) is 2.39. The van der Waals surface area contributed by atoms with Gasteiger partial charge in [0.2, 0.25) is 5.91 Å². The van der Waals surface area contributed by atoms with E-state index in [4.69, 9.17) is 5.73 Å². The lowest BCUT2D eigenvalue weighted by molar-refractivity contribution is -0.127. The molecule has 0 aromatic heterocycles. The first-order chi connectivity index (χ1) is 7.66. The number of benzene rings is 1. The molecule has 1 amide bonds. The number of nitrogens with zero attached hydrogens (tertiary/aromatic N) is 1. The Morgan fingerprint density at radius 2 is 2.31 bits per heavy atom. The van der Waals surface area contributed by atoms with Crippen molar-refractivity contribution in [1.82, 2.24) is 4.90 Å². The minimum atomic E-state index is -0.308. The topological polar surface area (TPSA) is 46.3 Å². The van der Waals surface area contributed by atoms with Gasteiger partial charge in [0, 0.05) is 25.6 Å². The van der Waals surface area contributed by atoms with Crippen molar-refractivity contribution in [2.45, 2.75) is 18.9 Å². The van der Waals surface area contributed by atoms with Gasteiger partial charge in [0.25, 0.3) is 0 Å². The number of carbonyl (C=O) groups excluding carboxylic acids is 1. The van der Waals surface area contributed by atoms with Gasteiger partial charge >= 0.3 is 0 Å². The molecule has 4 heteroatoms. The molecule has 86 valence electrons. The van der Waals surface area contributed by atoms with Gasteiger partial charge in [-0.15, -0.1) is 0 Å². The molecule has 3 nitrogen and oxygen atoms in total. The summed E-state index contributed by atoms with van der Waals surface area (Å²) in [6.45, 7) is 1.24. The van der Waals surface area contributed by atoms with E-state index in [1.807, 2.05) is 0 Å². The molecule has 1 saturated heterocycles. The summed E-state index contributed by atoms with van der Waals surface area (Å²) < 4.78 is 13.0. The zero-order valence-electron chi connectivity index (χ0n) is 9.03. The third-order valence-electron chi connectivity index (χ3n) is 2.87. The number of hydrogen-bond acceptors (Lipinski definition) is 2. The lowest BCUT2D eigenvalue weighted by Gasteiger charge is -2.20. The van der Waals surface area contributed by atoms with Crippen LogP contribution in [0, 0.1) is 5.82 Å². The summed E-state index contributed by atoms with van der Waals surface area (Å²) in [6, 6.07) is 5.92. The van der Waals surface area contributed by atoms with E-state index in [0.29, 0.717) is 13.0 Å². The molecule has 16 heavy (non-hydrogen) atoms. The van der Waals surface area contributed by atoms with Crippen molar-refractivity contribution in [1.29, 1.82) is 0 Å². The third-order valence-corrected chi connectivity index (χ3v) is 2.87. The molecular formula is C12H15FN2O. The maximum Gasteiger partial charge on any atom is 0.222 e. The summed E-state index contributed by atoms with van der Waals surface area (Å²) in [5.74, 6) is -0.146. The van der Waals surface area contributed by atoms with Gasteiger partial charge in [-0.2, -0.15) is 0 Å². The molecule has 1 unspecified atom stereocenters. The van der Waals surface area contributed by atoms with Gasteiger partial charge in [-0.25, -0.2) is 4.39 Å². The fourth-order valence-electron chi connectivity index (χ4n) is 1.98. The SMILES string of the molecule is NC(CN1CCCC1=O)c1cccc(F)c1. The lowest BCUT2D eigenvalue weighted by atomic mass is 10.1. The number of nitrogens with two attached hydrogens (primary N) is 1. The van der Waals surface area contributed by atoms with Gasteiger partial charge < -0.3 is 10.6 Å². The molecule has 0 saturated carbocycles. The Bertz CT molecular complexity index is 394. The van der Waals surface area contributed by atoms with Crippen LogP contribution in [0.1, 0.15) is 24.4 Å². The molecule has 1 heterocycles. The van der Waals surface area contributed by atoms with Gasteiger partial charge in [-0.05, 0) is 24.1 Å². The van der Waals surface area contributed by atoms with Gasteiger partial charge in [-0.3, -0.25) is 4.79 Å². The molecule has 1 aliphatic heterocycles. The second-order valence-electron chi connectivity index (χ2n) is 4.10. The maximum atomic E-state index is 13.0. The molecule has 1 fully saturated rings. The quantitative estimate of drug-likeness (QED) is 0.841. The highest BCUT2D eigenvalue weighted by molar-refractivity contribution is 5.78. The van der Waals surface area contributed by atoms with Crippen molar-refractivity contribution in [3.63, 3.8) is 0 Å². The van der Waals surface area contributed by atoms with Crippen LogP contribution in [0.5, 0.6) is 0 Å². The van der Waals surface area contributed by atoms with Crippen LogP contribution in [-0.2, 0) is 4.79 Å². The first-order valence-electron chi connectivity index (χ1n) is 5.45. The monoisotopic (exact) mass is 222 g/mol. The van der Waals surface area contributed by atoms with Crippen LogP contribution >= 0.6 is 0 Å². The molecule has 0 aliphatic carbocycles. The molecule has 2 N–H and O–H groups in total. The first kappa shape index (κ1) is 11.1. The predicted octanol–water partition coefficient (Wildman–Crippen LogP) is 1.45. The normalized spacial score (nSPS) is 17.9. The van der Waals surface area contributed by atoms with Crippen LogP contribution in [0.3, 0.4) is 0 Å². The Labute approximate surface area is 94.0 Å². The van der Waals surface area contributed by atoms with E-state index in [0.717, 1.165) is 18.5 Å². The summed E-state index contributed by atoms with van der Waals surface area (Å²) in [4.78, 5) is 13.1. The van der Waals surface area contributed by atoms with Crippen molar-refractivity contribution in [3.8, 4) is 0 Å². The van der Waals surface area contributed by atoms with E-state index in [1.54, 1.807) is 17.0 Å². The number of rotatable bonds is 3. The average Bonchev–Trinajstić information content (AvgIpc) is 2.64. The second kappa shape index (κ2) is 4.61. The summed E-state index contributed by atoms with van der Waals surface area (Å²) in [7, 11) is 0. The second-order valence-corrected chi connectivity index (χ2v) is 4.10. The van der Waals surface area contributed by atoms with E-state index >= 15 is 0 Å². The van der Waals surface area contributed by atoms with Crippen LogP contribution < -0.4 is 5.73 Å². The van der Waals surface area contributed by atoms with Crippen LogP contribution in [0.25, 0.3) is 0 Å². The Morgan fingerprint density at radius 1 is 1.50 bits per heavy atom. The number of likely N-dealkylation sites (tertiary alicyclic amines) is 1. The summed E-state index contributed by atoms with van der Waals surface area (Å²) >= 11 is 0. The van der Waals surface area contributed by atoms with Crippen LogP contribution in [0.15, 0.2) is 24.3 Å². The van der Waals surface area contributed by atoms with Gasteiger partial charge in [0.1, 0.15) is 5.82 Å².